The Morgan fingerprint density at radius 2 is 1.83 bits per heavy atom. The minimum atomic E-state index is 0.250. The number of likely N-dealkylation sites (N-methyl/N-ethyl adjacent to an activating group) is 1. The van der Waals surface area contributed by atoms with Crippen LogP contribution in [-0.2, 0) is 4.74 Å². The third-order valence-electron chi connectivity index (χ3n) is 4.38. The summed E-state index contributed by atoms with van der Waals surface area (Å²) in [6, 6.07) is 0. The van der Waals surface area contributed by atoms with E-state index in [4.69, 9.17) is 10.5 Å². The second kappa shape index (κ2) is 8.13. The van der Waals surface area contributed by atoms with Crippen molar-refractivity contribution in [3.8, 4) is 0 Å². The van der Waals surface area contributed by atoms with E-state index in [0.717, 1.165) is 38.6 Å². The lowest BCUT2D eigenvalue weighted by molar-refractivity contribution is 0.0397. The molecular formula is C15H32N2O. The van der Waals surface area contributed by atoms with Gasteiger partial charge >= 0.3 is 0 Å². The Kier molecular flexibility index (Phi) is 7.20. The van der Waals surface area contributed by atoms with Gasteiger partial charge in [0, 0.05) is 25.2 Å². The SMILES string of the molecule is CC(C)CCOCCN(C)C1(CN)CCCCC1. The first-order chi connectivity index (χ1) is 8.60. The van der Waals surface area contributed by atoms with Crippen LogP contribution in [0, 0.1) is 5.92 Å². The first kappa shape index (κ1) is 15.9. The molecule has 3 heteroatoms. The third kappa shape index (κ3) is 4.87. The number of nitrogens with zero attached hydrogens (tertiary/aromatic N) is 1. The van der Waals surface area contributed by atoms with Gasteiger partial charge in [0.1, 0.15) is 0 Å². The van der Waals surface area contributed by atoms with Crippen LogP contribution < -0.4 is 5.73 Å². The summed E-state index contributed by atoms with van der Waals surface area (Å²) in [6.07, 6.45) is 7.70. The predicted octanol–water partition coefficient (Wildman–Crippen LogP) is 2.64. The van der Waals surface area contributed by atoms with Gasteiger partial charge in [0.05, 0.1) is 6.61 Å². The number of rotatable bonds is 8. The van der Waals surface area contributed by atoms with Crippen molar-refractivity contribution in [2.45, 2.75) is 57.9 Å². The van der Waals surface area contributed by atoms with E-state index in [1.165, 1.54) is 32.1 Å². The molecule has 108 valence electrons. The maximum Gasteiger partial charge on any atom is 0.0593 e. The van der Waals surface area contributed by atoms with Crippen molar-refractivity contribution in [1.82, 2.24) is 4.90 Å². The second-order valence-electron chi connectivity index (χ2n) is 6.21. The molecule has 3 nitrogen and oxygen atoms in total. The molecule has 0 radical (unpaired) electrons. The first-order valence-corrected chi connectivity index (χ1v) is 7.60. The lowest BCUT2D eigenvalue weighted by atomic mass is 9.80. The highest BCUT2D eigenvalue weighted by molar-refractivity contribution is 4.92. The van der Waals surface area contributed by atoms with Crippen molar-refractivity contribution in [1.29, 1.82) is 0 Å². The van der Waals surface area contributed by atoms with Gasteiger partial charge < -0.3 is 10.5 Å². The van der Waals surface area contributed by atoms with Crippen LogP contribution >= 0.6 is 0 Å². The highest BCUT2D eigenvalue weighted by atomic mass is 16.5. The van der Waals surface area contributed by atoms with Crippen molar-refractivity contribution in [2.24, 2.45) is 11.7 Å². The number of hydrogen-bond donors (Lipinski definition) is 1. The molecule has 0 aromatic heterocycles. The van der Waals surface area contributed by atoms with Crippen molar-refractivity contribution in [3.63, 3.8) is 0 Å². The highest BCUT2D eigenvalue weighted by Crippen LogP contribution is 2.31. The molecule has 1 fully saturated rings. The number of hydrogen-bond acceptors (Lipinski definition) is 3. The van der Waals surface area contributed by atoms with Crippen molar-refractivity contribution in [3.05, 3.63) is 0 Å². The van der Waals surface area contributed by atoms with E-state index in [0.29, 0.717) is 0 Å². The van der Waals surface area contributed by atoms with E-state index in [9.17, 15) is 0 Å². The van der Waals surface area contributed by atoms with Crippen LogP contribution in [0.1, 0.15) is 52.4 Å². The van der Waals surface area contributed by atoms with Crippen molar-refractivity contribution < 1.29 is 4.74 Å². The maximum absolute atomic E-state index is 6.03. The summed E-state index contributed by atoms with van der Waals surface area (Å²) < 4.78 is 5.71. The average Bonchev–Trinajstić information content (AvgIpc) is 2.38. The summed E-state index contributed by atoms with van der Waals surface area (Å²) in [5.74, 6) is 0.733. The summed E-state index contributed by atoms with van der Waals surface area (Å²) in [5, 5.41) is 0. The molecule has 0 unspecified atom stereocenters. The topological polar surface area (TPSA) is 38.5 Å². The molecule has 18 heavy (non-hydrogen) atoms. The van der Waals surface area contributed by atoms with Crippen LogP contribution in [0.5, 0.6) is 0 Å². The van der Waals surface area contributed by atoms with E-state index in [1.807, 2.05) is 0 Å². The normalized spacial score (nSPS) is 19.7. The molecule has 1 rings (SSSR count). The fourth-order valence-corrected chi connectivity index (χ4v) is 2.81. The van der Waals surface area contributed by atoms with Gasteiger partial charge in [-0.3, -0.25) is 4.90 Å². The average molecular weight is 256 g/mol. The molecular weight excluding hydrogens is 224 g/mol. The van der Waals surface area contributed by atoms with Gasteiger partial charge in [-0.15, -0.1) is 0 Å². The van der Waals surface area contributed by atoms with Gasteiger partial charge in [-0.05, 0) is 32.2 Å². The lowest BCUT2D eigenvalue weighted by Gasteiger charge is -2.44. The van der Waals surface area contributed by atoms with Gasteiger partial charge in [-0.25, -0.2) is 0 Å². The molecule has 0 heterocycles. The molecule has 1 aliphatic rings. The molecule has 2 N–H and O–H groups in total. The molecule has 1 aliphatic carbocycles. The van der Waals surface area contributed by atoms with E-state index < -0.39 is 0 Å². The quantitative estimate of drug-likeness (QED) is 0.679. The first-order valence-electron chi connectivity index (χ1n) is 7.60. The van der Waals surface area contributed by atoms with Gasteiger partial charge in [0.25, 0.3) is 0 Å². The number of ether oxygens (including phenoxy) is 1. The van der Waals surface area contributed by atoms with E-state index >= 15 is 0 Å². The summed E-state index contributed by atoms with van der Waals surface area (Å²) in [7, 11) is 2.21. The highest BCUT2D eigenvalue weighted by Gasteiger charge is 2.34. The largest absolute Gasteiger partial charge is 0.380 e. The van der Waals surface area contributed by atoms with Crippen molar-refractivity contribution >= 4 is 0 Å². The van der Waals surface area contributed by atoms with Crippen LogP contribution in [0.4, 0.5) is 0 Å². The molecule has 0 aromatic carbocycles. The summed E-state index contributed by atoms with van der Waals surface area (Å²) in [6.45, 7) is 8.00. The van der Waals surface area contributed by atoms with E-state index in [-0.39, 0.29) is 5.54 Å². The summed E-state index contributed by atoms with van der Waals surface area (Å²) in [5.41, 5.74) is 6.28. The second-order valence-corrected chi connectivity index (χ2v) is 6.21. The minimum absolute atomic E-state index is 0.250. The van der Waals surface area contributed by atoms with E-state index in [1.54, 1.807) is 0 Å². The van der Waals surface area contributed by atoms with Crippen LogP contribution in [0.2, 0.25) is 0 Å². The van der Waals surface area contributed by atoms with Gasteiger partial charge in [0.2, 0.25) is 0 Å². The maximum atomic E-state index is 6.03. The predicted molar refractivity (Wildman–Crippen MR) is 77.8 cm³/mol. The molecule has 0 aliphatic heterocycles. The van der Waals surface area contributed by atoms with Gasteiger partial charge in [0.15, 0.2) is 0 Å². The Labute approximate surface area is 113 Å². The van der Waals surface area contributed by atoms with Crippen LogP contribution in [-0.4, -0.2) is 43.8 Å². The number of nitrogens with two attached hydrogens (primary N) is 1. The summed E-state index contributed by atoms with van der Waals surface area (Å²) in [4.78, 5) is 2.45. The lowest BCUT2D eigenvalue weighted by Crippen LogP contribution is -2.54. The Morgan fingerprint density at radius 1 is 1.17 bits per heavy atom. The Morgan fingerprint density at radius 3 is 2.39 bits per heavy atom. The fourth-order valence-electron chi connectivity index (χ4n) is 2.81. The van der Waals surface area contributed by atoms with Gasteiger partial charge in [-0.1, -0.05) is 33.1 Å². The molecule has 0 amide bonds. The summed E-state index contributed by atoms with van der Waals surface area (Å²) >= 11 is 0. The Hall–Kier alpha value is -0.120. The molecule has 0 saturated heterocycles. The molecule has 1 saturated carbocycles. The van der Waals surface area contributed by atoms with E-state index in [2.05, 4.69) is 25.8 Å². The standard InChI is InChI=1S/C15H32N2O/c1-14(2)7-11-18-12-10-17(3)15(13-16)8-5-4-6-9-15/h14H,4-13,16H2,1-3H3. The monoisotopic (exact) mass is 256 g/mol. The van der Waals surface area contributed by atoms with Gasteiger partial charge in [-0.2, -0.15) is 0 Å². The third-order valence-corrected chi connectivity index (χ3v) is 4.38. The minimum Gasteiger partial charge on any atom is -0.380 e. The zero-order valence-electron chi connectivity index (χ0n) is 12.6. The zero-order valence-corrected chi connectivity index (χ0v) is 12.6. The van der Waals surface area contributed by atoms with Crippen LogP contribution in [0.3, 0.4) is 0 Å². The van der Waals surface area contributed by atoms with Crippen molar-refractivity contribution in [2.75, 3.05) is 33.4 Å². The molecule has 0 spiro atoms. The molecule has 0 aromatic rings. The Balaban J connectivity index is 2.23. The van der Waals surface area contributed by atoms with Crippen LogP contribution in [0.25, 0.3) is 0 Å². The van der Waals surface area contributed by atoms with Crippen LogP contribution in [0.15, 0.2) is 0 Å². The fraction of sp³-hybridized carbons (Fsp3) is 1.00. The smallest absolute Gasteiger partial charge is 0.0593 e. The zero-order chi connectivity index (χ0) is 13.4. The molecule has 0 atom stereocenters. The molecule has 0 bridgehead atoms. The Bertz CT molecular complexity index is 213.